The van der Waals surface area contributed by atoms with Crippen LogP contribution in [0.4, 0.5) is 0 Å². The fraction of sp³-hybridized carbons (Fsp3) is 0.269. The second kappa shape index (κ2) is 9.04. The van der Waals surface area contributed by atoms with Gasteiger partial charge in [-0.3, -0.25) is 0 Å². The van der Waals surface area contributed by atoms with Gasteiger partial charge < -0.3 is 14.0 Å². The van der Waals surface area contributed by atoms with Crippen molar-refractivity contribution in [2.24, 2.45) is 0 Å². The molecular weight excluding hydrogens is 372 g/mol. The van der Waals surface area contributed by atoms with Crippen molar-refractivity contribution in [3.8, 4) is 11.5 Å². The summed E-state index contributed by atoms with van der Waals surface area (Å²) in [5, 5.41) is 0. The van der Waals surface area contributed by atoms with Crippen LogP contribution in [0.5, 0.6) is 11.5 Å². The van der Waals surface area contributed by atoms with Gasteiger partial charge in [0.25, 0.3) is 0 Å². The molecule has 30 heavy (non-hydrogen) atoms. The molecule has 0 saturated carbocycles. The highest BCUT2D eigenvalue weighted by atomic mass is 16.5. The minimum Gasteiger partial charge on any atom is -0.494 e. The third kappa shape index (κ3) is 4.48. The highest BCUT2D eigenvalue weighted by Gasteiger charge is 2.18. The van der Waals surface area contributed by atoms with Gasteiger partial charge in [0.05, 0.1) is 17.6 Å². The van der Waals surface area contributed by atoms with E-state index in [2.05, 4.69) is 55.7 Å². The Morgan fingerprint density at radius 3 is 2.43 bits per heavy atom. The minimum atomic E-state index is -0.152. The van der Waals surface area contributed by atoms with Gasteiger partial charge in [0.2, 0.25) is 0 Å². The van der Waals surface area contributed by atoms with E-state index in [-0.39, 0.29) is 6.10 Å². The molecule has 1 heterocycles. The lowest BCUT2D eigenvalue weighted by molar-refractivity contribution is 0.210. The molecule has 1 atom stereocenters. The van der Waals surface area contributed by atoms with E-state index in [0.717, 1.165) is 41.3 Å². The molecular formula is C26H28N2O2. The van der Waals surface area contributed by atoms with Gasteiger partial charge in [-0.15, -0.1) is 0 Å². The van der Waals surface area contributed by atoms with Crippen LogP contribution in [-0.4, -0.2) is 16.2 Å². The Morgan fingerprint density at radius 2 is 1.63 bits per heavy atom. The van der Waals surface area contributed by atoms with Crippen LogP contribution in [0.15, 0.2) is 72.8 Å². The Bertz CT molecular complexity index is 1120. The van der Waals surface area contributed by atoms with Crippen molar-refractivity contribution < 1.29 is 9.47 Å². The Morgan fingerprint density at radius 1 is 0.867 bits per heavy atom. The first-order valence-corrected chi connectivity index (χ1v) is 10.5. The zero-order chi connectivity index (χ0) is 20.9. The molecule has 0 aliphatic rings. The van der Waals surface area contributed by atoms with Crippen LogP contribution in [0, 0.1) is 13.8 Å². The Labute approximate surface area is 178 Å². The van der Waals surface area contributed by atoms with Crippen molar-refractivity contribution in [2.75, 3.05) is 6.61 Å². The van der Waals surface area contributed by atoms with Gasteiger partial charge in [-0.1, -0.05) is 36.4 Å². The molecule has 1 aromatic heterocycles. The lowest BCUT2D eigenvalue weighted by Crippen LogP contribution is -2.13. The van der Waals surface area contributed by atoms with E-state index in [1.165, 1.54) is 11.1 Å². The molecule has 0 bridgehead atoms. The number of para-hydroxylation sites is 3. The first kappa shape index (κ1) is 20.0. The van der Waals surface area contributed by atoms with Gasteiger partial charge >= 0.3 is 0 Å². The molecule has 154 valence electrons. The van der Waals surface area contributed by atoms with Crippen molar-refractivity contribution >= 4 is 11.0 Å². The fourth-order valence-corrected chi connectivity index (χ4v) is 3.61. The summed E-state index contributed by atoms with van der Waals surface area (Å²) in [5.74, 6) is 2.71. The van der Waals surface area contributed by atoms with Crippen LogP contribution >= 0.6 is 0 Å². The van der Waals surface area contributed by atoms with Gasteiger partial charge in [-0.25, -0.2) is 4.98 Å². The second-order valence-corrected chi connectivity index (χ2v) is 7.63. The van der Waals surface area contributed by atoms with E-state index in [9.17, 15) is 0 Å². The summed E-state index contributed by atoms with van der Waals surface area (Å²) in [6, 6.07) is 24.4. The smallest absolute Gasteiger partial charge is 0.153 e. The molecule has 4 nitrogen and oxygen atoms in total. The van der Waals surface area contributed by atoms with Crippen LogP contribution in [0.25, 0.3) is 11.0 Å². The first-order chi connectivity index (χ1) is 14.6. The molecule has 4 rings (SSSR count). The highest BCUT2D eigenvalue weighted by Crippen LogP contribution is 2.25. The van der Waals surface area contributed by atoms with E-state index in [1.807, 2.05) is 42.5 Å². The van der Waals surface area contributed by atoms with Crippen molar-refractivity contribution in [3.63, 3.8) is 0 Å². The number of aromatic nitrogens is 2. The number of imidazole rings is 1. The third-order valence-electron chi connectivity index (χ3n) is 5.38. The third-order valence-corrected chi connectivity index (χ3v) is 5.38. The predicted octanol–water partition coefficient (Wildman–Crippen LogP) is 6.26. The second-order valence-electron chi connectivity index (χ2n) is 7.63. The number of benzene rings is 3. The van der Waals surface area contributed by atoms with Gasteiger partial charge in [0.1, 0.15) is 11.5 Å². The number of rotatable bonds is 8. The summed E-state index contributed by atoms with van der Waals surface area (Å²) in [6.45, 7) is 7.76. The molecule has 0 N–H and O–H groups in total. The summed E-state index contributed by atoms with van der Waals surface area (Å²) in [7, 11) is 0. The van der Waals surface area contributed by atoms with Gasteiger partial charge in [-0.05, 0) is 74.7 Å². The number of ether oxygens (including phenoxy) is 2. The molecule has 0 spiro atoms. The van der Waals surface area contributed by atoms with Crippen LogP contribution < -0.4 is 9.47 Å². The molecule has 0 radical (unpaired) electrons. The SMILES string of the molecule is Cc1ccc(OCCCn2c(C(C)Oc3ccccc3)nc3ccccc32)cc1C. The number of hydrogen-bond acceptors (Lipinski definition) is 3. The van der Waals surface area contributed by atoms with E-state index in [1.54, 1.807) is 0 Å². The fourth-order valence-electron chi connectivity index (χ4n) is 3.61. The molecule has 3 aromatic carbocycles. The molecule has 0 aliphatic heterocycles. The lowest BCUT2D eigenvalue weighted by atomic mass is 10.1. The van der Waals surface area contributed by atoms with Crippen molar-refractivity contribution in [2.45, 2.75) is 39.8 Å². The molecule has 4 aromatic rings. The quantitative estimate of drug-likeness (QED) is 0.327. The van der Waals surface area contributed by atoms with Crippen molar-refractivity contribution in [1.29, 1.82) is 0 Å². The van der Waals surface area contributed by atoms with Crippen molar-refractivity contribution in [3.05, 3.63) is 89.7 Å². The molecule has 0 aliphatic carbocycles. The summed E-state index contributed by atoms with van der Waals surface area (Å²) < 4.78 is 14.4. The molecule has 4 heteroatoms. The molecule has 0 amide bonds. The van der Waals surface area contributed by atoms with Crippen LogP contribution in [-0.2, 0) is 6.54 Å². The van der Waals surface area contributed by atoms with Crippen molar-refractivity contribution in [1.82, 2.24) is 9.55 Å². The van der Waals surface area contributed by atoms with Gasteiger partial charge in [0.15, 0.2) is 11.9 Å². The predicted molar refractivity (Wildman–Crippen MR) is 121 cm³/mol. The summed E-state index contributed by atoms with van der Waals surface area (Å²) in [6.07, 6.45) is 0.735. The van der Waals surface area contributed by atoms with E-state index in [4.69, 9.17) is 14.5 Å². The van der Waals surface area contributed by atoms with E-state index >= 15 is 0 Å². The van der Waals surface area contributed by atoms with Crippen LogP contribution in [0.2, 0.25) is 0 Å². The zero-order valence-electron chi connectivity index (χ0n) is 17.8. The maximum atomic E-state index is 6.16. The largest absolute Gasteiger partial charge is 0.494 e. The molecule has 0 saturated heterocycles. The van der Waals surface area contributed by atoms with E-state index < -0.39 is 0 Å². The summed E-state index contributed by atoms with van der Waals surface area (Å²) in [5.41, 5.74) is 4.65. The topological polar surface area (TPSA) is 36.3 Å². The molecule has 1 unspecified atom stereocenters. The average Bonchev–Trinajstić information content (AvgIpc) is 3.13. The van der Waals surface area contributed by atoms with E-state index in [0.29, 0.717) is 6.61 Å². The number of nitrogens with zero attached hydrogens (tertiary/aromatic N) is 2. The van der Waals surface area contributed by atoms with Gasteiger partial charge in [-0.2, -0.15) is 0 Å². The zero-order valence-corrected chi connectivity index (χ0v) is 17.8. The normalized spacial score (nSPS) is 12.1. The molecule has 0 fully saturated rings. The number of fused-ring (bicyclic) bond motifs is 1. The number of hydrogen-bond donors (Lipinski definition) is 0. The maximum absolute atomic E-state index is 6.16. The van der Waals surface area contributed by atoms with Crippen LogP contribution in [0.3, 0.4) is 0 Å². The highest BCUT2D eigenvalue weighted by molar-refractivity contribution is 5.76. The Hall–Kier alpha value is -3.27. The Kier molecular flexibility index (Phi) is 6.03. The minimum absolute atomic E-state index is 0.152. The van der Waals surface area contributed by atoms with Crippen LogP contribution in [0.1, 0.15) is 36.4 Å². The average molecular weight is 401 g/mol. The first-order valence-electron chi connectivity index (χ1n) is 10.5. The maximum Gasteiger partial charge on any atom is 0.153 e. The lowest BCUT2D eigenvalue weighted by Gasteiger charge is -2.17. The number of aryl methyl sites for hydroxylation is 3. The summed E-state index contributed by atoms with van der Waals surface area (Å²) in [4.78, 5) is 4.86. The van der Waals surface area contributed by atoms with Gasteiger partial charge in [0, 0.05) is 6.54 Å². The Balaban J connectivity index is 1.48. The standard InChI is InChI=1S/C26H28N2O2/c1-19-14-15-23(18-20(19)2)29-17-9-16-28-25-13-8-7-12-24(25)27-26(28)21(3)30-22-10-5-4-6-11-22/h4-8,10-15,18,21H,9,16-17H2,1-3H3. The monoisotopic (exact) mass is 400 g/mol. The summed E-state index contributed by atoms with van der Waals surface area (Å²) >= 11 is 0.